The summed E-state index contributed by atoms with van der Waals surface area (Å²) in [6.45, 7) is 2.94. The van der Waals surface area contributed by atoms with E-state index < -0.39 is 0 Å². The third kappa shape index (κ3) is 3.68. The van der Waals surface area contributed by atoms with Crippen molar-refractivity contribution >= 4 is 34.8 Å². The van der Waals surface area contributed by atoms with Gasteiger partial charge in [-0.2, -0.15) is 0 Å². The van der Waals surface area contributed by atoms with Crippen molar-refractivity contribution in [2.24, 2.45) is 0 Å². The Labute approximate surface area is 148 Å². The van der Waals surface area contributed by atoms with Crippen molar-refractivity contribution in [1.82, 2.24) is 15.2 Å². The molecule has 0 radical (unpaired) electrons. The number of aromatic nitrogens is 1. The lowest BCUT2D eigenvalue weighted by atomic mass is 10.2. The van der Waals surface area contributed by atoms with Gasteiger partial charge in [0.05, 0.1) is 11.2 Å². The molecule has 1 aromatic carbocycles. The van der Waals surface area contributed by atoms with E-state index >= 15 is 0 Å². The molecular weight excluding hydrogens is 350 g/mol. The monoisotopic (exact) mass is 365 g/mol. The number of aryl methyl sites for hydroxylation is 1. The molecule has 1 aromatic heterocycles. The van der Waals surface area contributed by atoms with Crippen LogP contribution in [0.15, 0.2) is 23.7 Å². The van der Waals surface area contributed by atoms with Gasteiger partial charge in [-0.1, -0.05) is 11.6 Å². The third-order valence-electron chi connectivity index (χ3n) is 3.71. The maximum atomic E-state index is 12.2. The Morgan fingerprint density at radius 2 is 2.33 bits per heavy atom. The van der Waals surface area contributed by atoms with Gasteiger partial charge in [-0.15, -0.1) is 11.3 Å². The molecule has 0 fully saturated rings. The van der Waals surface area contributed by atoms with Crippen LogP contribution in [-0.2, 0) is 11.3 Å². The molecule has 2 heterocycles. The van der Waals surface area contributed by atoms with Gasteiger partial charge in [0.1, 0.15) is 10.6 Å². The number of carbonyl (C=O) groups excluding carboxylic acids is 2. The van der Waals surface area contributed by atoms with E-state index in [0.29, 0.717) is 41.0 Å². The van der Waals surface area contributed by atoms with E-state index in [4.69, 9.17) is 16.3 Å². The van der Waals surface area contributed by atoms with E-state index in [-0.39, 0.29) is 18.4 Å². The molecule has 0 atom stereocenters. The molecule has 1 aliphatic rings. The van der Waals surface area contributed by atoms with Gasteiger partial charge < -0.3 is 15.0 Å². The largest absolute Gasteiger partial charge is 0.483 e. The average molecular weight is 366 g/mol. The number of benzene rings is 1. The van der Waals surface area contributed by atoms with E-state index in [1.54, 1.807) is 35.5 Å². The molecule has 126 valence electrons. The third-order valence-corrected chi connectivity index (χ3v) is 4.87. The Morgan fingerprint density at radius 1 is 1.50 bits per heavy atom. The zero-order chi connectivity index (χ0) is 17.1. The van der Waals surface area contributed by atoms with Crippen molar-refractivity contribution in [2.75, 3.05) is 19.7 Å². The first-order chi connectivity index (χ1) is 11.5. The lowest BCUT2D eigenvalue weighted by Crippen LogP contribution is -2.39. The first kappa shape index (κ1) is 16.7. The minimum atomic E-state index is -0.169. The lowest BCUT2D eigenvalue weighted by Gasteiger charge is -2.20. The minimum Gasteiger partial charge on any atom is -0.483 e. The van der Waals surface area contributed by atoms with Gasteiger partial charge in [0.15, 0.2) is 6.61 Å². The van der Waals surface area contributed by atoms with Crippen LogP contribution in [0.2, 0.25) is 5.02 Å². The molecular formula is C16H16ClN3O3S. The molecule has 1 N–H and O–H groups in total. The number of hydrogen-bond acceptors (Lipinski definition) is 5. The van der Waals surface area contributed by atoms with Crippen LogP contribution in [0.25, 0.3) is 0 Å². The zero-order valence-electron chi connectivity index (χ0n) is 13.0. The highest BCUT2D eigenvalue weighted by Gasteiger charge is 2.22. The molecule has 0 saturated heterocycles. The van der Waals surface area contributed by atoms with Crippen LogP contribution in [0.5, 0.6) is 5.75 Å². The molecule has 0 bridgehead atoms. The summed E-state index contributed by atoms with van der Waals surface area (Å²) >= 11 is 7.31. The fourth-order valence-corrected chi connectivity index (χ4v) is 3.36. The number of nitrogens with zero attached hydrogens (tertiary/aromatic N) is 2. The van der Waals surface area contributed by atoms with E-state index in [2.05, 4.69) is 10.3 Å². The van der Waals surface area contributed by atoms with Crippen molar-refractivity contribution in [3.8, 4) is 5.75 Å². The zero-order valence-corrected chi connectivity index (χ0v) is 14.6. The van der Waals surface area contributed by atoms with E-state index in [9.17, 15) is 9.59 Å². The van der Waals surface area contributed by atoms with Gasteiger partial charge in [-0.05, 0) is 25.1 Å². The minimum absolute atomic E-state index is 0.0173. The van der Waals surface area contributed by atoms with Gasteiger partial charge in [-0.3, -0.25) is 9.59 Å². The lowest BCUT2D eigenvalue weighted by molar-refractivity contribution is -0.133. The number of ether oxygens (including phenoxy) is 1. The second kappa shape index (κ2) is 7.19. The summed E-state index contributed by atoms with van der Waals surface area (Å²) in [5.41, 5.74) is 3.21. The fraction of sp³-hybridized carbons (Fsp3) is 0.312. The number of thiazole rings is 1. The molecule has 0 unspecified atom stereocenters. The normalized spacial score (nSPS) is 13.9. The molecule has 0 aliphatic carbocycles. The first-order valence-corrected chi connectivity index (χ1v) is 8.67. The molecule has 8 heteroatoms. The van der Waals surface area contributed by atoms with Crippen molar-refractivity contribution < 1.29 is 14.3 Å². The smallest absolute Gasteiger partial charge is 0.263 e. The SMILES string of the molecule is Cc1ncsc1C(=O)NCCN1Cc2cc(Cl)ccc2OCC1=O. The second-order valence-electron chi connectivity index (χ2n) is 5.38. The van der Waals surface area contributed by atoms with Crippen molar-refractivity contribution in [2.45, 2.75) is 13.5 Å². The van der Waals surface area contributed by atoms with Crippen LogP contribution in [-0.4, -0.2) is 41.4 Å². The summed E-state index contributed by atoms with van der Waals surface area (Å²) in [7, 11) is 0. The average Bonchev–Trinajstić information content (AvgIpc) is 2.92. The summed E-state index contributed by atoms with van der Waals surface area (Å²) in [6.07, 6.45) is 0. The van der Waals surface area contributed by atoms with E-state index in [1.807, 2.05) is 0 Å². The summed E-state index contributed by atoms with van der Waals surface area (Å²) in [6, 6.07) is 5.29. The quantitative estimate of drug-likeness (QED) is 0.902. The predicted molar refractivity (Wildman–Crippen MR) is 91.5 cm³/mol. The van der Waals surface area contributed by atoms with Crippen LogP contribution < -0.4 is 10.1 Å². The molecule has 0 saturated carbocycles. The number of halogens is 1. The van der Waals surface area contributed by atoms with Crippen LogP contribution in [0.1, 0.15) is 20.9 Å². The Morgan fingerprint density at radius 3 is 3.08 bits per heavy atom. The summed E-state index contributed by atoms with van der Waals surface area (Å²) in [5, 5.41) is 3.42. The van der Waals surface area contributed by atoms with Crippen molar-refractivity contribution in [3.63, 3.8) is 0 Å². The molecule has 1 aliphatic heterocycles. The fourth-order valence-electron chi connectivity index (χ4n) is 2.45. The Kier molecular flexibility index (Phi) is 5.01. The van der Waals surface area contributed by atoms with Gasteiger partial charge >= 0.3 is 0 Å². The molecule has 2 aromatic rings. The molecule has 0 spiro atoms. The number of hydrogen-bond donors (Lipinski definition) is 1. The second-order valence-corrected chi connectivity index (χ2v) is 6.67. The van der Waals surface area contributed by atoms with Crippen LogP contribution >= 0.6 is 22.9 Å². The summed E-state index contributed by atoms with van der Waals surface area (Å²) in [5.74, 6) is 0.377. The maximum Gasteiger partial charge on any atom is 0.263 e. The van der Waals surface area contributed by atoms with Crippen LogP contribution in [0, 0.1) is 6.92 Å². The topological polar surface area (TPSA) is 71.5 Å². The highest BCUT2D eigenvalue weighted by Crippen LogP contribution is 2.26. The number of nitrogens with one attached hydrogen (secondary N) is 1. The van der Waals surface area contributed by atoms with Gasteiger partial charge in [-0.25, -0.2) is 4.98 Å². The van der Waals surface area contributed by atoms with Crippen LogP contribution in [0.3, 0.4) is 0 Å². The Balaban J connectivity index is 1.61. The van der Waals surface area contributed by atoms with E-state index in [1.165, 1.54) is 11.3 Å². The van der Waals surface area contributed by atoms with Gasteiger partial charge in [0, 0.05) is 30.2 Å². The number of carbonyl (C=O) groups is 2. The molecule has 24 heavy (non-hydrogen) atoms. The first-order valence-electron chi connectivity index (χ1n) is 7.42. The number of amides is 2. The van der Waals surface area contributed by atoms with Crippen LogP contribution in [0.4, 0.5) is 0 Å². The van der Waals surface area contributed by atoms with Crippen molar-refractivity contribution in [3.05, 3.63) is 44.9 Å². The standard InChI is InChI=1S/C16H16ClN3O3S/c1-10-15(24-9-19-10)16(22)18-4-5-20-7-11-6-12(17)2-3-13(11)23-8-14(20)21/h2-3,6,9H,4-5,7-8H2,1H3,(H,18,22). The predicted octanol–water partition coefficient (Wildman–Crippen LogP) is 2.26. The maximum absolute atomic E-state index is 12.2. The van der Waals surface area contributed by atoms with Gasteiger partial charge in [0.2, 0.25) is 0 Å². The molecule has 3 rings (SSSR count). The Bertz CT molecular complexity index is 778. The summed E-state index contributed by atoms with van der Waals surface area (Å²) < 4.78 is 5.50. The highest BCUT2D eigenvalue weighted by molar-refractivity contribution is 7.11. The van der Waals surface area contributed by atoms with E-state index in [0.717, 1.165) is 5.56 Å². The molecule has 2 amide bonds. The van der Waals surface area contributed by atoms with Crippen molar-refractivity contribution in [1.29, 1.82) is 0 Å². The molecule has 6 nitrogen and oxygen atoms in total. The highest BCUT2D eigenvalue weighted by atomic mass is 35.5. The summed E-state index contributed by atoms with van der Waals surface area (Å²) in [4.78, 5) is 30.6. The number of fused-ring (bicyclic) bond motifs is 1. The van der Waals surface area contributed by atoms with Gasteiger partial charge in [0.25, 0.3) is 11.8 Å². The number of rotatable bonds is 4. The Hall–Kier alpha value is -2.12.